The van der Waals surface area contributed by atoms with E-state index in [2.05, 4.69) is 5.32 Å². The van der Waals surface area contributed by atoms with Crippen LogP contribution in [0.1, 0.15) is 17.5 Å². The second kappa shape index (κ2) is 7.37. The quantitative estimate of drug-likeness (QED) is 0.920. The predicted molar refractivity (Wildman–Crippen MR) is 81.7 cm³/mol. The number of thioether (sulfide) groups is 1. The van der Waals surface area contributed by atoms with Crippen molar-refractivity contribution in [1.29, 1.82) is 0 Å². The average Bonchev–Trinajstić information content (AvgIpc) is 2.47. The fraction of sp³-hybridized carbons (Fsp3) is 0.533. The Morgan fingerprint density at radius 1 is 1.45 bits per heavy atom. The first-order valence-electron chi connectivity index (χ1n) is 7.07. The Morgan fingerprint density at radius 2 is 2.23 bits per heavy atom. The maximum atomic E-state index is 12.7. The Balaban J connectivity index is 1.93. The second-order valence-corrected chi connectivity index (χ2v) is 6.53. The summed E-state index contributed by atoms with van der Waals surface area (Å²) in [6.45, 7) is 1.07. The minimum atomic E-state index is -4.36. The number of rotatable bonds is 4. The third kappa shape index (κ3) is 4.91. The van der Waals surface area contributed by atoms with E-state index in [-0.39, 0.29) is 18.5 Å². The lowest BCUT2D eigenvalue weighted by Gasteiger charge is -2.25. The first-order valence-corrected chi connectivity index (χ1v) is 8.23. The van der Waals surface area contributed by atoms with Crippen LogP contribution in [-0.4, -0.2) is 41.9 Å². The highest BCUT2D eigenvalue weighted by atomic mass is 32.2. The molecule has 0 aliphatic carbocycles. The van der Waals surface area contributed by atoms with E-state index in [1.807, 2.05) is 11.8 Å². The fourth-order valence-electron chi connectivity index (χ4n) is 2.33. The van der Waals surface area contributed by atoms with Crippen LogP contribution in [0.3, 0.4) is 0 Å². The first kappa shape index (κ1) is 17.1. The van der Waals surface area contributed by atoms with E-state index in [0.29, 0.717) is 12.0 Å². The lowest BCUT2D eigenvalue weighted by molar-refractivity contribution is -0.137. The van der Waals surface area contributed by atoms with Gasteiger partial charge in [0, 0.05) is 44.1 Å². The first-order chi connectivity index (χ1) is 10.4. The van der Waals surface area contributed by atoms with Gasteiger partial charge in [-0.25, -0.2) is 0 Å². The molecule has 1 N–H and O–H groups in total. The Bertz CT molecular complexity index is 516. The van der Waals surface area contributed by atoms with Crippen LogP contribution in [-0.2, 0) is 17.5 Å². The van der Waals surface area contributed by atoms with E-state index < -0.39 is 11.7 Å². The monoisotopic (exact) mass is 332 g/mol. The highest BCUT2D eigenvalue weighted by molar-refractivity contribution is 7.99. The van der Waals surface area contributed by atoms with Crippen LogP contribution in [0.4, 0.5) is 13.2 Å². The number of hydrogen-bond acceptors (Lipinski definition) is 3. The second-order valence-electron chi connectivity index (χ2n) is 5.38. The van der Waals surface area contributed by atoms with Gasteiger partial charge in [-0.1, -0.05) is 12.1 Å². The van der Waals surface area contributed by atoms with Gasteiger partial charge in [-0.05, 0) is 17.7 Å². The molecule has 1 aliphatic rings. The van der Waals surface area contributed by atoms with Crippen LogP contribution in [0, 0.1) is 0 Å². The van der Waals surface area contributed by atoms with Crippen LogP contribution < -0.4 is 5.32 Å². The van der Waals surface area contributed by atoms with Crippen molar-refractivity contribution < 1.29 is 18.0 Å². The fourth-order valence-corrected chi connectivity index (χ4v) is 3.27. The summed E-state index contributed by atoms with van der Waals surface area (Å²) in [5, 5.41) is 3.28. The van der Waals surface area contributed by atoms with Gasteiger partial charge in [-0.15, -0.1) is 0 Å². The van der Waals surface area contributed by atoms with Gasteiger partial charge in [0.2, 0.25) is 5.91 Å². The molecule has 1 aromatic carbocycles. The van der Waals surface area contributed by atoms with Crippen molar-refractivity contribution >= 4 is 17.7 Å². The van der Waals surface area contributed by atoms with Gasteiger partial charge >= 0.3 is 6.18 Å². The summed E-state index contributed by atoms with van der Waals surface area (Å²) in [5.41, 5.74) is -0.201. The molecule has 2 rings (SSSR count). The average molecular weight is 332 g/mol. The summed E-state index contributed by atoms with van der Waals surface area (Å²) >= 11 is 1.81. The molecule has 122 valence electrons. The van der Waals surface area contributed by atoms with E-state index in [1.54, 1.807) is 13.1 Å². The standard InChI is InChI=1S/C15H19F3N2OS/c1-20(14(21)8-13-10-22-6-5-19-13)9-11-3-2-4-12(7-11)15(16,17)18/h2-4,7,13,19H,5-6,8-10H2,1H3. The summed E-state index contributed by atoms with van der Waals surface area (Å²) in [5.74, 6) is 1.88. The molecule has 0 spiro atoms. The summed E-state index contributed by atoms with van der Waals surface area (Å²) in [4.78, 5) is 13.6. The number of carbonyl (C=O) groups is 1. The third-order valence-corrected chi connectivity index (χ3v) is 4.65. The lowest BCUT2D eigenvalue weighted by Crippen LogP contribution is -2.41. The van der Waals surface area contributed by atoms with Crippen molar-refractivity contribution in [1.82, 2.24) is 10.2 Å². The van der Waals surface area contributed by atoms with Crippen molar-refractivity contribution in [2.45, 2.75) is 25.2 Å². The van der Waals surface area contributed by atoms with Crippen molar-refractivity contribution in [2.24, 2.45) is 0 Å². The van der Waals surface area contributed by atoms with Crippen LogP contribution >= 0.6 is 11.8 Å². The molecule has 0 aromatic heterocycles. The molecule has 3 nitrogen and oxygen atoms in total. The number of amides is 1. The predicted octanol–water partition coefficient (Wildman–Crippen LogP) is 2.76. The number of halogens is 3. The van der Waals surface area contributed by atoms with Gasteiger partial charge in [0.05, 0.1) is 5.56 Å². The Morgan fingerprint density at radius 3 is 2.86 bits per heavy atom. The molecule has 7 heteroatoms. The molecule has 22 heavy (non-hydrogen) atoms. The van der Waals surface area contributed by atoms with Crippen molar-refractivity contribution in [3.05, 3.63) is 35.4 Å². The summed E-state index contributed by atoms with van der Waals surface area (Å²) in [6.07, 6.45) is -3.98. The van der Waals surface area contributed by atoms with Crippen molar-refractivity contribution in [3.63, 3.8) is 0 Å². The van der Waals surface area contributed by atoms with Gasteiger partial charge in [0.1, 0.15) is 0 Å². The smallest absolute Gasteiger partial charge is 0.341 e. The molecular formula is C15H19F3N2OS. The molecule has 1 heterocycles. The zero-order valence-corrected chi connectivity index (χ0v) is 13.1. The number of nitrogens with zero attached hydrogens (tertiary/aromatic N) is 1. The molecule has 0 bridgehead atoms. The van der Waals surface area contributed by atoms with Crippen LogP contribution in [0.15, 0.2) is 24.3 Å². The van der Waals surface area contributed by atoms with Crippen LogP contribution in [0.2, 0.25) is 0 Å². The number of nitrogens with one attached hydrogen (secondary N) is 1. The molecule has 1 unspecified atom stereocenters. The zero-order valence-electron chi connectivity index (χ0n) is 12.3. The van der Waals surface area contributed by atoms with Crippen molar-refractivity contribution in [2.75, 3.05) is 25.1 Å². The summed E-state index contributed by atoms with van der Waals surface area (Å²) in [7, 11) is 1.62. The summed E-state index contributed by atoms with van der Waals surface area (Å²) < 4.78 is 38.0. The van der Waals surface area contributed by atoms with Gasteiger partial charge in [-0.3, -0.25) is 4.79 Å². The van der Waals surface area contributed by atoms with E-state index >= 15 is 0 Å². The van der Waals surface area contributed by atoms with E-state index in [1.165, 1.54) is 11.0 Å². The topological polar surface area (TPSA) is 32.3 Å². The number of hydrogen-bond donors (Lipinski definition) is 1. The van der Waals surface area contributed by atoms with Gasteiger partial charge in [0.15, 0.2) is 0 Å². The molecular weight excluding hydrogens is 313 g/mol. The maximum absolute atomic E-state index is 12.7. The van der Waals surface area contributed by atoms with Gasteiger partial charge in [-0.2, -0.15) is 24.9 Å². The summed E-state index contributed by atoms with van der Waals surface area (Å²) in [6, 6.07) is 5.26. The number of benzene rings is 1. The molecule has 1 atom stereocenters. The van der Waals surface area contributed by atoms with E-state index in [0.717, 1.165) is 30.2 Å². The third-order valence-electron chi connectivity index (χ3n) is 3.52. The lowest BCUT2D eigenvalue weighted by atomic mass is 10.1. The van der Waals surface area contributed by atoms with Crippen molar-refractivity contribution in [3.8, 4) is 0 Å². The normalized spacial score (nSPS) is 19.0. The van der Waals surface area contributed by atoms with E-state index in [9.17, 15) is 18.0 Å². The SMILES string of the molecule is CN(Cc1cccc(C(F)(F)F)c1)C(=O)CC1CSCCN1. The molecule has 1 aromatic rings. The molecule has 0 radical (unpaired) electrons. The minimum absolute atomic E-state index is 0.0580. The molecule has 1 saturated heterocycles. The Hall–Kier alpha value is -1.21. The minimum Gasteiger partial charge on any atom is -0.341 e. The molecule has 0 saturated carbocycles. The van der Waals surface area contributed by atoms with Gasteiger partial charge in [0.25, 0.3) is 0 Å². The van der Waals surface area contributed by atoms with Gasteiger partial charge < -0.3 is 10.2 Å². The number of carbonyl (C=O) groups excluding carboxylic acids is 1. The Kier molecular flexibility index (Phi) is 5.74. The largest absolute Gasteiger partial charge is 0.416 e. The highest BCUT2D eigenvalue weighted by Crippen LogP contribution is 2.29. The maximum Gasteiger partial charge on any atom is 0.416 e. The highest BCUT2D eigenvalue weighted by Gasteiger charge is 2.30. The van der Waals surface area contributed by atoms with Crippen LogP contribution in [0.25, 0.3) is 0 Å². The molecule has 1 fully saturated rings. The zero-order chi connectivity index (χ0) is 16.2. The molecule has 1 amide bonds. The number of alkyl halides is 3. The van der Waals surface area contributed by atoms with Crippen LogP contribution in [0.5, 0.6) is 0 Å². The Labute approximate surface area is 132 Å². The molecule has 1 aliphatic heterocycles. The van der Waals surface area contributed by atoms with E-state index in [4.69, 9.17) is 0 Å².